The van der Waals surface area contributed by atoms with Gasteiger partial charge < -0.3 is 9.47 Å². The lowest BCUT2D eigenvalue weighted by Crippen LogP contribution is -2.34. The lowest BCUT2D eigenvalue weighted by Gasteiger charge is -2.08. The van der Waals surface area contributed by atoms with E-state index < -0.39 is 24.4 Å². The highest BCUT2D eigenvalue weighted by Gasteiger charge is 2.18. The lowest BCUT2D eigenvalue weighted by molar-refractivity contribution is -0.123. The van der Waals surface area contributed by atoms with E-state index in [1.807, 2.05) is 0 Å². The Bertz CT molecular complexity index is 1050. The van der Waals surface area contributed by atoms with Gasteiger partial charge in [-0.1, -0.05) is 12.1 Å². The molecule has 7 nitrogen and oxygen atoms in total. The second-order valence-electron chi connectivity index (χ2n) is 5.70. The van der Waals surface area contributed by atoms with Crippen LogP contribution in [0, 0.1) is 5.82 Å². The number of methoxy groups -OCH3 is 1. The summed E-state index contributed by atoms with van der Waals surface area (Å²) in [7, 11) is 1.41. The predicted molar refractivity (Wildman–Crippen MR) is 103 cm³/mol. The normalized spacial score (nSPS) is 10.3. The Balaban J connectivity index is 1.56. The second kappa shape index (κ2) is 9.07. The van der Waals surface area contributed by atoms with Gasteiger partial charge >= 0.3 is 5.97 Å². The maximum Gasteiger partial charge on any atom is 0.358 e. The topological polar surface area (TPSA) is 94.6 Å². The van der Waals surface area contributed by atoms with Gasteiger partial charge in [0.05, 0.1) is 12.7 Å². The Kier molecular flexibility index (Phi) is 6.30. The van der Waals surface area contributed by atoms with E-state index in [4.69, 9.17) is 9.47 Å². The molecule has 0 radical (unpaired) electrons. The molecule has 3 aromatic rings. The fraction of sp³-hybridized carbons (Fsp3) is 0.100. The minimum Gasteiger partial charge on any atom is -0.496 e. The molecule has 0 saturated carbocycles. The molecule has 0 unspecified atom stereocenters. The molecule has 0 saturated heterocycles. The Hall–Kier alpha value is -3.59. The van der Waals surface area contributed by atoms with Crippen LogP contribution >= 0.6 is 11.3 Å². The average molecular weight is 414 g/mol. The van der Waals surface area contributed by atoms with Crippen molar-refractivity contribution in [2.45, 2.75) is 0 Å². The zero-order valence-corrected chi connectivity index (χ0v) is 16.0. The highest BCUT2D eigenvalue weighted by Crippen LogP contribution is 2.24. The van der Waals surface area contributed by atoms with Crippen LogP contribution in [0.1, 0.15) is 20.8 Å². The van der Waals surface area contributed by atoms with Crippen molar-refractivity contribution in [1.82, 2.24) is 10.3 Å². The van der Waals surface area contributed by atoms with E-state index in [1.165, 1.54) is 42.0 Å². The summed E-state index contributed by atoms with van der Waals surface area (Å²) in [6.07, 6.45) is 0. The number of hydrogen-bond donors (Lipinski definition) is 1. The van der Waals surface area contributed by atoms with Gasteiger partial charge in [0.25, 0.3) is 11.8 Å². The SMILES string of the molecule is COc1ccccc1C(=O)NC(=O)COC(=O)c1csc(-c2ccc(F)cc2)n1. The van der Waals surface area contributed by atoms with Crippen LogP contribution in [0.3, 0.4) is 0 Å². The second-order valence-corrected chi connectivity index (χ2v) is 6.56. The molecule has 1 N–H and O–H groups in total. The van der Waals surface area contributed by atoms with E-state index in [9.17, 15) is 18.8 Å². The van der Waals surface area contributed by atoms with E-state index in [0.717, 1.165) is 0 Å². The predicted octanol–water partition coefficient (Wildman–Crippen LogP) is 3.07. The van der Waals surface area contributed by atoms with Gasteiger partial charge in [0, 0.05) is 10.9 Å². The molecule has 1 aromatic heterocycles. The molecule has 0 fully saturated rings. The molecule has 0 atom stereocenters. The first kappa shape index (κ1) is 20.2. The summed E-state index contributed by atoms with van der Waals surface area (Å²) in [5.74, 6) is -2.34. The number of amides is 2. The summed E-state index contributed by atoms with van der Waals surface area (Å²) < 4.78 is 23.0. The lowest BCUT2D eigenvalue weighted by atomic mass is 10.2. The molecule has 0 aliphatic rings. The number of imide groups is 1. The first-order chi connectivity index (χ1) is 14.0. The number of esters is 1. The summed E-state index contributed by atoms with van der Waals surface area (Å²) in [6, 6.07) is 12.1. The zero-order chi connectivity index (χ0) is 20.8. The Labute approximate surface area is 169 Å². The zero-order valence-electron chi connectivity index (χ0n) is 15.2. The summed E-state index contributed by atoms with van der Waals surface area (Å²) >= 11 is 1.18. The van der Waals surface area contributed by atoms with Gasteiger partial charge in [0.2, 0.25) is 0 Å². The molecule has 2 aromatic carbocycles. The number of aromatic nitrogens is 1. The number of rotatable bonds is 6. The van der Waals surface area contributed by atoms with Crippen molar-refractivity contribution in [2.75, 3.05) is 13.7 Å². The van der Waals surface area contributed by atoms with Gasteiger partial charge in [0.15, 0.2) is 12.3 Å². The first-order valence-corrected chi connectivity index (χ1v) is 9.21. The first-order valence-electron chi connectivity index (χ1n) is 8.33. The maximum atomic E-state index is 13.0. The standard InChI is InChI=1S/C20H15FN2O5S/c1-27-16-5-3-2-4-14(16)18(25)23-17(24)10-28-20(26)15-11-29-19(22-15)12-6-8-13(21)9-7-12/h2-9,11H,10H2,1H3,(H,23,24,25). The Morgan fingerprint density at radius 2 is 1.83 bits per heavy atom. The third-order valence-electron chi connectivity index (χ3n) is 3.74. The largest absolute Gasteiger partial charge is 0.496 e. The number of hydrogen-bond acceptors (Lipinski definition) is 7. The molecule has 3 rings (SSSR count). The van der Waals surface area contributed by atoms with E-state index in [2.05, 4.69) is 10.3 Å². The third-order valence-corrected chi connectivity index (χ3v) is 4.63. The summed E-state index contributed by atoms with van der Waals surface area (Å²) in [6.45, 7) is -0.650. The van der Waals surface area contributed by atoms with Crippen molar-refractivity contribution in [3.05, 3.63) is 71.0 Å². The van der Waals surface area contributed by atoms with E-state index in [1.54, 1.807) is 30.3 Å². The molecular weight excluding hydrogens is 399 g/mol. The van der Waals surface area contributed by atoms with Crippen molar-refractivity contribution in [3.63, 3.8) is 0 Å². The van der Waals surface area contributed by atoms with Crippen LogP contribution < -0.4 is 10.1 Å². The molecule has 0 spiro atoms. The fourth-order valence-electron chi connectivity index (χ4n) is 2.36. The third kappa shape index (κ3) is 5.02. The van der Waals surface area contributed by atoms with Crippen LogP contribution in [-0.4, -0.2) is 36.5 Å². The average Bonchev–Trinajstić information content (AvgIpc) is 3.22. The van der Waals surface area contributed by atoms with Crippen LogP contribution in [0.25, 0.3) is 10.6 Å². The van der Waals surface area contributed by atoms with Crippen LogP contribution in [0.2, 0.25) is 0 Å². The molecule has 0 aliphatic heterocycles. The number of nitrogens with zero attached hydrogens (tertiary/aromatic N) is 1. The number of carbonyl (C=O) groups excluding carboxylic acids is 3. The van der Waals surface area contributed by atoms with E-state index in [-0.39, 0.29) is 17.1 Å². The number of nitrogens with one attached hydrogen (secondary N) is 1. The van der Waals surface area contributed by atoms with Gasteiger partial charge in [-0.3, -0.25) is 14.9 Å². The van der Waals surface area contributed by atoms with Crippen molar-refractivity contribution >= 4 is 29.1 Å². The number of ether oxygens (including phenoxy) is 2. The minimum atomic E-state index is -0.811. The van der Waals surface area contributed by atoms with Gasteiger partial charge in [-0.15, -0.1) is 11.3 Å². The number of para-hydroxylation sites is 1. The number of halogens is 1. The summed E-state index contributed by atoms with van der Waals surface area (Å²) in [5.41, 5.74) is 0.840. The highest BCUT2D eigenvalue weighted by atomic mass is 32.1. The molecule has 0 bridgehead atoms. The Morgan fingerprint density at radius 1 is 1.10 bits per heavy atom. The van der Waals surface area contributed by atoms with Gasteiger partial charge in [0.1, 0.15) is 16.6 Å². The fourth-order valence-corrected chi connectivity index (χ4v) is 3.16. The van der Waals surface area contributed by atoms with Crippen molar-refractivity contribution in [1.29, 1.82) is 0 Å². The molecule has 29 heavy (non-hydrogen) atoms. The molecule has 148 valence electrons. The van der Waals surface area contributed by atoms with Crippen molar-refractivity contribution in [2.24, 2.45) is 0 Å². The van der Waals surface area contributed by atoms with Gasteiger partial charge in [-0.2, -0.15) is 0 Å². The Morgan fingerprint density at radius 3 is 2.55 bits per heavy atom. The van der Waals surface area contributed by atoms with Crippen molar-refractivity contribution < 1.29 is 28.2 Å². The molecule has 0 aliphatic carbocycles. The molecule has 2 amide bonds. The van der Waals surface area contributed by atoms with Crippen molar-refractivity contribution in [3.8, 4) is 16.3 Å². The molecular formula is C20H15FN2O5S. The smallest absolute Gasteiger partial charge is 0.358 e. The summed E-state index contributed by atoms with van der Waals surface area (Å²) in [5, 5.41) is 4.10. The number of carbonyl (C=O) groups is 3. The minimum absolute atomic E-state index is 0.0122. The van der Waals surface area contributed by atoms with Gasteiger partial charge in [-0.25, -0.2) is 14.2 Å². The van der Waals surface area contributed by atoms with Crippen LogP contribution in [0.5, 0.6) is 5.75 Å². The maximum absolute atomic E-state index is 13.0. The van der Waals surface area contributed by atoms with Crippen LogP contribution in [0.4, 0.5) is 4.39 Å². The number of thiazole rings is 1. The van der Waals surface area contributed by atoms with Crippen LogP contribution in [-0.2, 0) is 9.53 Å². The van der Waals surface area contributed by atoms with Gasteiger partial charge in [-0.05, 0) is 36.4 Å². The molecule has 9 heteroatoms. The van der Waals surface area contributed by atoms with E-state index >= 15 is 0 Å². The number of benzene rings is 2. The monoisotopic (exact) mass is 414 g/mol. The summed E-state index contributed by atoms with van der Waals surface area (Å²) in [4.78, 5) is 40.3. The van der Waals surface area contributed by atoms with E-state index in [0.29, 0.717) is 16.3 Å². The molecule has 1 heterocycles. The highest BCUT2D eigenvalue weighted by molar-refractivity contribution is 7.13. The quantitative estimate of drug-likeness (QED) is 0.623. The van der Waals surface area contributed by atoms with Crippen LogP contribution in [0.15, 0.2) is 53.9 Å².